The van der Waals surface area contributed by atoms with Crippen LogP contribution in [0.25, 0.3) is 0 Å². The summed E-state index contributed by atoms with van der Waals surface area (Å²) in [6.45, 7) is 5.06. The molecule has 1 aromatic rings. The molecule has 23 heavy (non-hydrogen) atoms. The molecule has 1 aliphatic rings. The minimum atomic E-state index is -0.0527. The number of hydrogen-bond acceptors (Lipinski definition) is 6. The zero-order chi connectivity index (χ0) is 16.5. The van der Waals surface area contributed by atoms with Gasteiger partial charge >= 0.3 is 0 Å². The number of anilines is 1. The van der Waals surface area contributed by atoms with Gasteiger partial charge in [-0.15, -0.1) is 0 Å². The second kappa shape index (κ2) is 9.22. The van der Waals surface area contributed by atoms with Crippen LogP contribution in [0.2, 0.25) is 0 Å². The molecule has 1 heterocycles. The van der Waals surface area contributed by atoms with Gasteiger partial charge in [0.15, 0.2) is 0 Å². The molecule has 2 rings (SSSR count). The van der Waals surface area contributed by atoms with E-state index in [4.69, 9.17) is 14.2 Å². The molecule has 0 bridgehead atoms. The van der Waals surface area contributed by atoms with E-state index in [1.54, 1.807) is 26.4 Å². The number of nitrogens with one attached hydrogen (secondary N) is 2. The Labute approximate surface area is 136 Å². The number of amides is 1. The SMILES string of the molecule is COc1ccc(OC)c(NCC(=O)NCCN2CCOCC2)c1. The molecule has 1 aliphatic heterocycles. The summed E-state index contributed by atoms with van der Waals surface area (Å²) in [6.07, 6.45) is 0. The van der Waals surface area contributed by atoms with Crippen molar-refractivity contribution in [2.24, 2.45) is 0 Å². The van der Waals surface area contributed by atoms with Crippen molar-refractivity contribution in [2.45, 2.75) is 0 Å². The molecule has 7 heteroatoms. The monoisotopic (exact) mass is 323 g/mol. The summed E-state index contributed by atoms with van der Waals surface area (Å²) in [5.41, 5.74) is 0.732. The highest BCUT2D eigenvalue weighted by atomic mass is 16.5. The van der Waals surface area contributed by atoms with Gasteiger partial charge in [-0.1, -0.05) is 0 Å². The molecule has 0 radical (unpaired) electrons. The Morgan fingerprint density at radius 2 is 2.04 bits per heavy atom. The third-order valence-corrected chi connectivity index (χ3v) is 3.70. The molecule has 2 N–H and O–H groups in total. The Balaban J connectivity index is 1.73. The molecule has 0 aromatic heterocycles. The predicted octanol–water partition coefficient (Wildman–Crippen LogP) is 0.564. The van der Waals surface area contributed by atoms with E-state index in [0.717, 1.165) is 38.5 Å². The molecule has 0 spiro atoms. The maximum absolute atomic E-state index is 11.9. The lowest BCUT2D eigenvalue weighted by Crippen LogP contribution is -2.42. The molecule has 1 fully saturated rings. The van der Waals surface area contributed by atoms with Crippen molar-refractivity contribution in [3.05, 3.63) is 18.2 Å². The molecule has 128 valence electrons. The number of nitrogens with zero attached hydrogens (tertiary/aromatic N) is 1. The molecule has 0 aliphatic carbocycles. The normalized spacial score (nSPS) is 15.0. The van der Waals surface area contributed by atoms with Crippen LogP contribution in [0.3, 0.4) is 0 Å². The highest BCUT2D eigenvalue weighted by Gasteiger charge is 2.11. The van der Waals surface area contributed by atoms with Crippen LogP contribution in [0, 0.1) is 0 Å². The lowest BCUT2D eigenvalue weighted by Gasteiger charge is -2.26. The maximum atomic E-state index is 11.9. The minimum absolute atomic E-state index is 0.0527. The van der Waals surface area contributed by atoms with Crippen molar-refractivity contribution >= 4 is 11.6 Å². The van der Waals surface area contributed by atoms with Crippen LogP contribution in [0.15, 0.2) is 18.2 Å². The summed E-state index contributed by atoms with van der Waals surface area (Å²) in [7, 11) is 3.19. The fraction of sp³-hybridized carbons (Fsp3) is 0.562. The minimum Gasteiger partial charge on any atom is -0.497 e. The third kappa shape index (κ3) is 5.61. The number of morpholine rings is 1. The maximum Gasteiger partial charge on any atom is 0.239 e. The second-order valence-corrected chi connectivity index (χ2v) is 5.22. The molecule has 0 unspecified atom stereocenters. The Bertz CT molecular complexity index is 504. The van der Waals surface area contributed by atoms with Crippen molar-refractivity contribution in [2.75, 3.05) is 65.5 Å². The molecule has 1 saturated heterocycles. The van der Waals surface area contributed by atoms with Gasteiger partial charge in [0.2, 0.25) is 5.91 Å². The van der Waals surface area contributed by atoms with Crippen LogP contribution in [-0.4, -0.2) is 71.0 Å². The summed E-state index contributed by atoms with van der Waals surface area (Å²) in [6, 6.07) is 5.42. The van der Waals surface area contributed by atoms with Crippen molar-refractivity contribution in [1.82, 2.24) is 10.2 Å². The van der Waals surface area contributed by atoms with Gasteiger partial charge in [-0.25, -0.2) is 0 Å². The average molecular weight is 323 g/mol. The van der Waals surface area contributed by atoms with Gasteiger partial charge in [0, 0.05) is 32.2 Å². The first-order valence-corrected chi connectivity index (χ1v) is 7.75. The van der Waals surface area contributed by atoms with E-state index in [0.29, 0.717) is 18.0 Å². The number of carbonyl (C=O) groups is 1. The molecule has 0 atom stereocenters. The average Bonchev–Trinajstić information content (AvgIpc) is 2.60. The Kier molecular flexibility index (Phi) is 6.96. The van der Waals surface area contributed by atoms with E-state index in [1.807, 2.05) is 6.07 Å². The van der Waals surface area contributed by atoms with Crippen LogP contribution in [-0.2, 0) is 9.53 Å². The van der Waals surface area contributed by atoms with E-state index in [2.05, 4.69) is 15.5 Å². The van der Waals surface area contributed by atoms with Crippen LogP contribution >= 0.6 is 0 Å². The van der Waals surface area contributed by atoms with E-state index < -0.39 is 0 Å². The molecule has 7 nitrogen and oxygen atoms in total. The summed E-state index contributed by atoms with van der Waals surface area (Å²) in [5.74, 6) is 1.33. The Hall–Kier alpha value is -1.99. The van der Waals surface area contributed by atoms with Crippen molar-refractivity contribution in [3.8, 4) is 11.5 Å². The number of rotatable bonds is 8. The second-order valence-electron chi connectivity index (χ2n) is 5.22. The predicted molar refractivity (Wildman–Crippen MR) is 88.3 cm³/mol. The Morgan fingerprint density at radius 3 is 2.74 bits per heavy atom. The fourth-order valence-corrected chi connectivity index (χ4v) is 2.37. The van der Waals surface area contributed by atoms with Crippen LogP contribution in [0.4, 0.5) is 5.69 Å². The summed E-state index contributed by atoms with van der Waals surface area (Å²) >= 11 is 0. The fourth-order valence-electron chi connectivity index (χ4n) is 2.37. The van der Waals surface area contributed by atoms with E-state index in [9.17, 15) is 4.79 Å². The van der Waals surface area contributed by atoms with E-state index in [1.165, 1.54) is 0 Å². The van der Waals surface area contributed by atoms with Crippen molar-refractivity contribution in [1.29, 1.82) is 0 Å². The zero-order valence-corrected chi connectivity index (χ0v) is 13.8. The first kappa shape index (κ1) is 17.4. The quantitative estimate of drug-likeness (QED) is 0.728. The topological polar surface area (TPSA) is 72.1 Å². The molecular weight excluding hydrogens is 298 g/mol. The largest absolute Gasteiger partial charge is 0.497 e. The number of hydrogen-bond donors (Lipinski definition) is 2. The van der Waals surface area contributed by atoms with Crippen molar-refractivity contribution < 1.29 is 19.0 Å². The van der Waals surface area contributed by atoms with Gasteiger partial charge in [-0.05, 0) is 12.1 Å². The summed E-state index contributed by atoms with van der Waals surface area (Å²) in [5, 5.41) is 5.99. The third-order valence-electron chi connectivity index (χ3n) is 3.70. The van der Waals surface area contributed by atoms with Gasteiger partial charge in [-0.3, -0.25) is 9.69 Å². The van der Waals surface area contributed by atoms with Gasteiger partial charge in [0.25, 0.3) is 0 Å². The van der Waals surface area contributed by atoms with Crippen LogP contribution < -0.4 is 20.1 Å². The standard InChI is InChI=1S/C16H25N3O4/c1-21-13-3-4-15(22-2)14(11-13)18-12-16(20)17-5-6-19-7-9-23-10-8-19/h3-4,11,18H,5-10,12H2,1-2H3,(H,17,20). The number of benzene rings is 1. The van der Waals surface area contributed by atoms with E-state index >= 15 is 0 Å². The number of ether oxygens (including phenoxy) is 3. The number of methoxy groups -OCH3 is 2. The highest BCUT2D eigenvalue weighted by molar-refractivity contribution is 5.81. The zero-order valence-electron chi connectivity index (χ0n) is 13.8. The summed E-state index contributed by atoms with van der Waals surface area (Å²) < 4.78 is 15.7. The van der Waals surface area contributed by atoms with Gasteiger partial charge < -0.3 is 24.8 Å². The smallest absolute Gasteiger partial charge is 0.239 e. The lowest BCUT2D eigenvalue weighted by atomic mass is 10.2. The van der Waals surface area contributed by atoms with Crippen LogP contribution in [0.1, 0.15) is 0 Å². The molecular formula is C16H25N3O4. The Morgan fingerprint density at radius 1 is 1.26 bits per heavy atom. The molecule has 1 aromatic carbocycles. The van der Waals surface area contributed by atoms with Crippen molar-refractivity contribution in [3.63, 3.8) is 0 Å². The van der Waals surface area contributed by atoms with Gasteiger partial charge in [-0.2, -0.15) is 0 Å². The van der Waals surface area contributed by atoms with E-state index in [-0.39, 0.29) is 12.5 Å². The first-order valence-electron chi connectivity index (χ1n) is 7.75. The molecule has 1 amide bonds. The molecule has 0 saturated carbocycles. The van der Waals surface area contributed by atoms with Gasteiger partial charge in [0.05, 0.1) is 39.7 Å². The lowest BCUT2D eigenvalue weighted by molar-refractivity contribution is -0.119. The number of carbonyl (C=O) groups excluding carboxylic acids is 1. The highest BCUT2D eigenvalue weighted by Crippen LogP contribution is 2.28. The van der Waals surface area contributed by atoms with Gasteiger partial charge in [0.1, 0.15) is 11.5 Å². The summed E-state index contributed by atoms with van der Waals surface area (Å²) in [4.78, 5) is 14.2. The van der Waals surface area contributed by atoms with Crippen LogP contribution in [0.5, 0.6) is 11.5 Å². The first-order chi connectivity index (χ1) is 11.2.